The molecule has 4 nitrogen and oxygen atoms in total. The molecular weight excluding hydrogens is 351 g/mol. The Morgan fingerprint density at radius 3 is 2.88 bits per heavy atom. The van der Waals surface area contributed by atoms with Crippen molar-refractivity contribution < 1.29 is 13.9 Å². The van der Waals surface area contributed by atoms with Gasteiger partial charge in [0.1, 0.15) is 23.2 Å². The van der Waals surface area contributed by atoms with Crippen LogP contribution in [0, 0.1) is 5.82 Å². The van der Waals surface area contributed by atoms with Crippen molar-refractivity contribution in [3.8, 4) is 5.75 Å². The summed E-state index contributed by atoms with van der Waals surface area (Å²) in [6.07, 6.45) is 0.849. The van der Waals surface area contributed by atoms with Crippen molar-refractivity contribution in [1.82, 2.24) is 4.98 Å². The molecule has 1 aliphatic heterocycles. The average molecular weight is 368 g/mol. The molecule has 26 heavy (non-hydrogen) atoms. The van der Waals surface area contributed by atoms with Gasteiger partial charge in [-0.05, 0) is 30.2 Å². The molecule has 3 aromatic rings. The van der Waals surface area contributed by atoms with Crippen LogP contribution >= 0.6 is 11.3 Å². The summed E-state index contributed by atoms with van der Waals surface area (Å²) >= 11 is 1.46. The van der Waals surface area contributed by atoms with Gasteiger partial charge in [-0.15, -0.1) is 11.3 Å². The van der Waals surface area contributed by atoms with E-state index in [9.17, 15) is 9.18 Å². The van der Waals surface area contributed by atoms with Crippen molar-refractivity contribution in [2.24, 2.45) is 0 Å². The van der Waals surface area contributed by atoms with Crippen molar-refractivity contribution in [2.45, 2.75) is 19.4 Å². The van der Waals surface area contributed by atoms with E-state index in [1.807, 2.05) is 41.8 Å². The molecule has 0 aliphatic carbocycles. The summed E-state index contributed by atoms with van der Waals surface area (Å²) in [6.45, 7) is 0.882. The van der Waals surface area contributed by atoms with E-state index in [4.69, 9.17) is 4.74 Å². The van der Waals surface area contributed by atoms with Gasteiger partial charge in [-0.3, -0.25) is 4.79 Å². The van der Waals surface area contributed by atoms with Gasteiger partial charge in [0.05, 0.1) is 17.8 Å². The van der Waals surface area contributed by atoms with Crippen molar-refractivity contribution in [3.05, 3.63) is 76.0 Å². The van der Waals surface area contributed by atoms with Crippen LogP contribution in [-0.4, -0.2) is 17.4 Å². The van der Waals surface area contributed by atoms with Gasteiger partial charge in [0, 0.05) is 11.9 Å². The normalized spacial score (nSPS) is 12.9. The summed E-state index contributed by atoms with van der Waals surface area (Å²) in [7, 11) is 0. The van der Waals surface area contributed by atoms with Crippen molar-refractivity contribution in [2.75, 3.05) is 11.4 Å². The maximum absolute atomic E-state index is 14.1. The zero-order valence-electron chi connectivity index (χ0n) is 14.0. The molecule has 0 unspecified atom stereocenters. The van der Waals surface area contributed by atoms with E-state index in [1.54, 1.807) is 6.07 Å². The largest absolute Gasteiger partial charge is 0.486 e. The molecule has 6 heteroatoms. The van der Waals surface area contributed by atoms with Gasteiger partial charge >= 0.3 is 0 Å². The molecule has 0 N–H and O–H groups in total. The third-order valence-corrected chi connectivity index (χ3v) is 5.15. The molecule has 0 saturated heterocycles. The lowest BCUT2D eigenvalue weighted by Gasteiger charge is -2.17. The van der Waals surface area contributed by atoms with Gasteiger partial charge in [0.25, 0.3) is 0 Å². The Hall–Kier alpha value is -2.73. The van der Waals surface area contributed by atoms with Crippen LogP contribution in [0.2, 0.25) is 0 Å². The van der Waals surface area contributed by atoms with Gasteiger partial charge in [-0.25, -0.2) is 9.37 Å². The number of anilines is 1. The molecular formula is C20H17FN2O2S. The second-order valence-electron chi connectivity index (χ2n) is 6.05. The number of para-hydroxylation sites is 2. The molecule has 132 valence electrons. The predicted octanol–water partition coefficient (Wildman–Crippen LogP) is 3.99. The molecule has 1 aliphatic rings. The summed E-state index contributed by atoms with van der Waals surface area (Å²) < 4.78 is 19.8. The number of halogens is 1. The van der Waals surface area contributed by atoms with Crippen LogP contribution < -0.4 is 9.64 Å². The van der Waals surface area contributed by atoms with Gasteiger partial charge < -0.3 is 9.64 Å². The van der Waals surface area contributed by atoms with Gasteiger partial charge in [0.15, 0.2) is 0 Å². The first kappa shape index (κ1) is 16.7. The SMILES string of the molecule is O=C(Cc1csc(COc2ccccc2)n1)N1CCc2cccc(F)c21. The highest BCUT2D eigenvalue weighted by molar-refractivity contribution is 7.09. The van der Waals surface area contributed by atoms with Gasteiger partial charge in [-0.1, -0.05) is 30.3 Å². The Morgan fingerprint density at radius 1 is 1.19 bits per heavy atom. The lowest BCUT2D eigenvalue weighted by molar-refractivity contribution is -0.117. The topological polar surface area (TPSA) is 42.4 Å². The van der Waals surface area contributed by atoms with Crippen LogP contribution in [0.3, 0.4) is 0 Å². The third kappa shape index (κ3) is 3.46. The number of amides is 1. The number of aromatic nitrogens is 1. The molecule has 0 bridgehead atoms. The minimum atomic E-state index is -0.344. The zero-order chi connectivity index (χ0) is 17.9. The molecule has 4 rings (SSSR count). The molecule has 0 radical (unpaired) electrons. The molecule has 1 amide bonds. The number of hydrogen-bond acceptors (Lipinski definition) is 4. The number of carbonyl (C=O) groups is 1. The minimum absolute atomic E-state index is 0.130. The van der Waals surface area contributed by atoms with Crippen LogP contribution in [0.4, 0.5) is 10.1 Å². The average Bonchev–Trinajstić information content (AvgIpc) is 3.28. The van der Waals surface area contributed by atoms with Crippen LogP contribution in [-0.2, 0) is 24.2 Å². The van der Waals surface area contributed by atoms with E-state index < -0.39 is 0 Å². The number of nitrogens with zero attached hydrogens (tertiary/aromatic N) is 2. The first-order chi connectivity index (χ1) is 12.7. The molecule has 0 saturated carbocycles. The summed E-state index contributed by atoms with van der Waals surface area (Å²) in [6, 6.07) is 14.5. The molecule has 1 aromatic heterocycles. The molecule has 2 aromatic carbocycles. The highest BCUT2D eigenvalue weighted by Crippen LogP contribution is 2.31. The minimum Gasteiger partial charge on any atom is -0.486 e. The summed E-state index contributed by atoms with van der Waals surface area (Å²) in [5, 5.41) is 2.67. The molecule has 2 heterocycles. The lowest BCUT2D eigenvalue weighted by atomic mass is 10.1. The number of ether oxygens (including phenoxy) is 1. The number of benzene rings is 2. The Labute approximate surface area is 154 Å². The van der Waals surface area contributed by atoms with Crippen LogP contribution in [0.1, 0.15) is 16.3 Å². The Balaban J connectivity index is 1.40. The van der Waals surface area contributed by atoms with E-state index >= 15 is 0 Å². The third-order valence-electron chi connectivity index (χ3n) is 4.28. The first-order valence-electron chi connectivity index (χ1n) is 8.39. The Bertz CT molecular complexity index is 927. The van der Waals surface area contributed by atoms with Crippen LogP contribution in [0.25, 0.3) is 0 Å². The Morgan fingerprint density at radius 2 is 2.04 bits per heavy atom. The second kappa shape index (κ2) is 7.25. The molecule has 0 fully saturated rings. The predicted molar refractivity (Wildman–Crippen MR) is 99.0 cm³/mol. The van der Waals surface area contributed by atoms with Gasteiger partial charge in [0.2, 0.25) is 5.91 Å². The number of carbonyl (C=O) groups excluding carboxylic acids is 1. The standard InChI is InChI=1S/C20H17FN2O2S/c21-17-8-4-5-14-9-10-23(20(14)17)19(24)11-15-13-26-18(22-15)12-25-16-6-2-1-3-7-16/h1-8,13H,9-12H2. The number of hydrogen-bond donors (Lipinski definition) is 0. The number of fused-ring (bicyclic) bond motifs is 1. The highest BCUT2D eigenvalue weighted by atomic mass is 32.1. The highest BCUT2D eigenvalue weighted by Gasteiger charge is 2.27. The summed E-state index contributed by atoms with van der Waals surface area (Å²) in [5.74, 6) is 0.308. The van der Waals surface area contributed by atoms with Gasteiger partial charge in [-0.2, -0.15) is 0 Å². The monoisotopic (exact) mass is 368 g/mol. The molecule has 0 atom stereocenters. The fraction of sp³-hybridized carbons (Fsp3) is 0.200. The summed E-state index contributed by atoms with van der Waals surface area (Å²) in [5.41, 5.74) is 1.99. The van der Waals surface area contributed by atoms with E-state index in [1.165, 1.54) is 22.3 Å². The fourth-order valence-electron chi connectivity index (χ4n) is 3.07. The van der Waals surface area contributed by atoms with E-state index in [2.05, 4.69) is 4.98 Å². The van der Waals surface area contributed by atoms with Crippen molar-refractivity contribution in [1.29, 1.82) is 0 Å². The molecule has 0 spiro atoms. The maximum Gasteiger partial charge on any atom is 0.233 e. The maximum atomic E-state index is 14.1. The van der Waals surface area contributed by atoms with E-state index in [-0.39, 0.29) is 18.1 Å². The lowest BCUT2D eigenvalue weighted by Crippen LogP contribution is -2.31. The smallest absolute Gasteiger partial charge is 0.233 e. The Kier molecular flexibility index (Phi) is 4.67. The van der Waals surface area contributed by atoms with Crippen molar-refractivity contribution in [3.63, 3.8) is 0 Å². The first-order valence-corrected chi connectivity index (χ1v) is 9.27. The zero-order valence-corrected chi connectivity index (χ0v) is 14.8. The fourth-order valence-corrected chi connectivity index (χ4v) is 3.77. The van der Waals surface area contributed by atoms with E-state index in [0.717, 1.165) is 16.3 Å². The van der Waals surface area contributed by atoms with E-state index in [0.29, 0.717) is 31.0 Å². The van der Waals surface area contributed by atoms with Crippen LogP contribution in [0.15, 0.2) is 53.9 Å². The van der Waals surface area contributed by atoms with Crippen LogP contribution in [0.5, 0.6) is 5.75 Å². The number of thiazole rings is 1. The second-order valence-corrected chi connectivity index (χ2v) is 7.00. The quantitative estimate of drug-likeness (QED) is 0.684. The van der Waals surface area contributed by atoms with Crippen molar-refractivity contribution >= 4 is 22.9 Å². The number of rotatable bonds is 5. The summed E-state index contributed by atoms with van der Waals surface area (Å²) in [4.78, 5) is 18.6.